The van der Waals surface area contributed by atoms with Crippen LogP contribution < -0.4 is 4.90 Å². The normalized spacial score (nSPS) is 15.4. The van der Waals surface area contributed by atoms with E-state index in [-0.39, 0.29) is 11.7 Å². The number of aromatic nitrogens is 1. The molecule has 0 fully saturated rings. The van der Waals surface area contributed by atoms with Gasteiger partial charge in [0.1, 0.15) is 11.0 Å². The van der Waals surface area contributed by atoms with Gasteiger partial charge in [-0.3, -0.25) is 4.79 Å². The molecule has 0 saturated heterocycles. The number of nitrogens with zero attached hydrogens (tertiary/aromatic N) is 2. The first-order valence-corrected chi connectivity index (χ1v) is 9.55. The molecule has 0 saturated carbocycles. The van der Waals surface area contributed by atoms with Crippen LogP contribution in [0, 0.1) is 13.8 Å². The predicted octanol–water partition coefficient (Wildman–Crippen LogP) is 2.18. The average Bonchev–Trinajstić information content (AvgIpc) is 3.12. The Bertz CT molecular complexity index is 866. The molecule has 1 atom stereocenters. The Morgan fingerprint density at radius 2 is 2.04 bits per heavy atom. The van der Waals surface area contributed by atoms with Gasteiger partial charge in [-0.1, -0.05) is 23.4 Å². The van der Waals surface area contributed by atoms with Gasteiger partial charge in [-0.25, -0.2) is 8.42 Å². The van der Waals surface area contributed by atoms with Crippen molar-refractivity contribution in [3.8, 4) is 0 Å². The Kier molecular flexibility index (Phi) is 4.21. The molecule has 1 aromatic heterocycles. The molecule has 1 unspecified atom stereocenters. The van der Waals surface area contributed by atoms with Crippen molar-refractivity contribution in [1.82, 2.24) is 5.16 Å². The molecule has 0 radical (unpaired) electrons. The minimum Gasteiger partial charge on any atom is -0.361 e. The first-order chi connectivity index (χ1) is 11.3. The highest BCUT2D eigenvalue weighted by atomic mass is 32.2. The highest BCUT2D eigenvalue weighted by molar-refractivity contribution is 7.92. The molecule has 1 aromatic carbocycles. The van der Waals surface area contributed by atoms with Gasteiger partial charge < -0.3 is 9.42 Å². The fourth-order valence-electron chi connectivity index (χ4n) is 2.97. The van der Waals surface area contributed by atoms with Crippen LogP contribution >= 0.6 is 0 Å². The van der Waals surface area contributed by atoms with Crippen LogP contribution in [0.2, 0.25) is 0 Å². The van der Waals surface area contributed by atoms with Crippen LogP contribution in [0.4, 0.5) is 5.69 Å². The van der Waals surface area contributed by atoms with Crippen molar-refractivity contribution in [3.63, 3.8) is 0 Å². The maximum Gasteiger partial charge on any atom is 0.245 e. The molecule has 1 amide bonds. The van der Waals surface area contributed by atoms with Crippen molar-refractivity contribution in [2.75, 3.05) is 11.4 Å². The van der Waals surface area contributed by atoms with Crippen LogP contribution in [0.15, 0.2) is 28.8 Å². The zero-order chi connectivity index (χ0) is 17.5. The van der Waals surface area contributed by atoms with Gasteiger partial charge >= 0.3 is 0 Å². The third-order valence-electron chi connectivity index (χ3n) is 4.57. The Labute approximate surface area is 141 Å². The number of carbonyl (C=O) groups is 1. The van der Waals surface area contributed by atoms with E-state index in [4.69, 9.17) is 4.52 Å². The monoisotopic (exact) mass is 348 g/mol. The van der Waals surface area contributed by atoms with E-state index in [1.165, 1.54) is 6.92 Å². The highest BCUT2D eigenvalue weighted by Gasteiger charge is 2.35. The summed E-state index contributed by atoms with van der Waals surface area (Å²) in [6.07, 6.45) is 0.749. The molecule has 24 heavy (non-hydrogen) atoms. The van der Waals surface area contributed by atoms with E-state index in [2.05, 4.69) is 5.16 Å². The lowest BCUT2D eigenvalue weighted by atomic mass is 10.2. The second-order valence-corrected chi connectivity index (χ2v) is 8.44. The molecule has 2 aromatic rings. The topological polar surface area (TPSA) is 80.5 Å². The van der Waals surface area contributed by atoms with Gasteiger partial charge in [-0.05, 0) is 38.8 Å². The Morgan fingerprint density at radius 3 is 2.71 bits per heavy atom. The number of sulfone groups is 1. The summed E-state index contributed by atoms with van der Waals surface area (Å²) in [7, 11) is -3.66. The fraction of sp³-hybridized carbons (Fsp3) is 0.412. The molecule has 0 spiro atoms. The van der Waals surface area contributed by atoms with Gasteiger partial charge in [0.05, 0.1) is 11.4 Å². The quantitative estimate of drug-likeness (QED) is 0.846. The molecule has 2 heterocycles. The number of hydrogen-bond acceptors (Lipinski definition) is 5. The molecule has 3 rings (SSSR count). The number of benzene rings is 1. The van der Waals surface area contributed by atoms with E-state index in [1.54, 1.807) is 18.7 Å². The van der Waals surface area contributed by atoms with Gasteiger partial charge in [0.2, 0.25) is 5.91 Å². The van der Waals surface area contributed by atoms with E-state index < -0.39 is 15.1 Å². The van der Waals surface area contributed by atoms with Crippen LogP contribution in [-0.4, -0.2) is 31.3 Å². The number of para-hydroxylation sites is 1. The van der Waals surface area contributed by atoms with Crippen molar-refractivity contribution in [2.45, 2.75) is 38.2 Å². The smallest absolute Gasteiger partial charge is 0.245 e. The van der Waals surface area contributed by atoms with E-state index in [0.717, 1.165) is 17.7 Å². The number of fused-ring (bicyclic) bond motifs is 1. The van der Waals surface area contributed by atoms with Crippen molar-refractivity contribution in [1.29, 1.82) is 0 Å². The molecule has 128 valence electrons. The summed E-state index contributed by atoms with van der Waals surface area (Å²) < 4.78 is 30.4. The summed E-state index contributed by atoms with van der Waals surface area (Å²) in [5, 5.41) is 2.66. The standard InChI is InChI=1S/C17H20N2O4S/c1-11-15(12(2)23-18-11)10-24(21,22)13(3)17(20)19-9-8-14-6-4-5-7-16(14)19/h4-7,13H,8-10H2,1-3H3. The molecule has 0 N–H and O–H groups in total. The molecule has 6 nitrogen and oxygen atoms in total. The number of rotatable bonds is 4. The highest BCUT2D eigenvalue weighted by Crippen LogP contribution is 2.29. The molecular formula is C17H20N2O4S. The molecular weight excluding hydrogens is 328 g/mol. The second kappa shape index (κ2) is 6.05. The summed E-state index contributed by atoms with van der Waals surface area (Å²) in [6.45, 7) is 5.35. The van der Waals surface area contributed by atoms with Crippen LogP contribution in [0.25, 0.3) is 0 Å². The lowest BCUT2D eigenvalue weighted by Gasteiger charge is -2.21. The molecule has 7 heteroatoms. The number of anilines is 1. The van der Waals surface area contributed by atoms with Crippen LogP contribution in [0.5, 0.6) is 0 Å². The van der Waals surface area contributed by atoms with Crippen LogP contribution in [0.3, 0.4) is 0 Å². The SMILES string of the molecule is Cc1noc(C)c1CS(=O)(=O)C(C)C(=O)N1CCc2ccccc21. The average molecular weight is 348 g/mol. The lowest BCUT2D eigenvalue weighted by molar-refractivity contribution is -0.117. The summed E-state index contributed by atoms with van der Waals surface area (Å²) in [5.41, 5.74) is 2.96. The van der Waals surface area contributed by atoms with Crippen molar-refractivity contribution >= 4 is 21.4 Å². The lowest BCUT2D eigenvalue weighted by Crippen LogP contribution is -2.41. The Morgan fingerprint density at radius 1 is 1.33 bits per heavy atom. The van der Waals surface area contributed by atoms with Gasteiger partial charge in [-0.2, -0.15) is 0 Å². The summed E-state index contributed by atoms with van der Waals surface area (Å²) in [4.78, 5) is 14.3. The third-order valence-corrected chi connectivity index (χ3v) is 6.54. The molecule has 0 bridgehead atoms. The van der Waals surface area contributed by atoms with Crippen molar-refractivity contribution in [3.05, 3.63) is 46.8 Å². The van der Waals surface area contributed by atoms with E-state index in [0.29, 0.717) is 23.6 Å². The van der Waals surface area contributed by atoms with Gasteiger partial charge in [0.25, 0.3) is 0 Å². The third kappa shape index (κ3) is 2.84. The zero-order valence-corrected chi connectivity index (χ0v) is 14.8. The van der Waals surface area contributed by atoms with E-state index in [1.807, 2.05) is 24.3 Å². The van der Waals surface area contributed by atoms with E-state index >= 15 is 0 Å². The van der Waals surface area contributed by atoms with E-state index in [9.17, 15) is 13.2 Å². The van der Waals surface area contributed by atoms with Crippen LogP contribution in [-0.2, 0) is 26.8 Å². The van der Waals surface area contributed by atoms with Gasteiger partial charge in [-0.15, -0.1) is 0 Å². The first kappa shape index (κ1) is 16.7. The number of hydrogen-bond donors (Lipinski definition) is 0. The Hall–Kier alpha value is -2.15. The van der Waals surface area contributed by atoms with Gasteiger partial charge in [0.15, 0.2) is 9.84 Å². The fourth-order valence-corrected chi connectivity index (χ4v) is 4.47. The molecule has 1 aliphatic rings. The maximum absolute atomic E-state index is 12.8. The number of aryl methyl sites for hydroxylation is 2. The predicted molar refractivity (Wildman–Crippen MR) is 90.6 cm³/mol. The Balaban J connectivity index is 1.83. The van der Waals surface area contributed by atoms with Crippen LogP contribution in [0.1, 0.15) is 29.5 Å². The van der Waals surface area contributed by atoms with Gasteiger partial charge in [0, 0.05) is 17.8 Å². The largest absolute Gasteiger partial charge is 0.361 e. The summed E-state index contributed by atoms with van der Waals surface area (Å²) in [5.74, 6) is -0.148. The zero-order valence-electron chi connectivity index (χ0n) is 13.9. The van der Waals surface area contributed by atoms with Crippen molar-refractivity contribution in [2.24, 2.45) is 0 Å². The molecule has 1 aliphatic heterocycles. The minimum absolute atomic E-state index is 0.240. The summed E-state index contributed by atoms with van der Waals surface area (Å²) >= 11 is 0. The maximum atomic E-state index is 12.8. The minimum atomic E-state index is -3.66. The molecule has 0 aliphatic carbocycles. The number of carbonyl (C=O) groups excluding carboxylic acids is 1. The number of amides is 1. The van der Waals surface area contributed by atoms with Crippen molar-refractivity contribution < 1.29 is 17.7 Å². The summed E-state index contributed by atoms with van der Waals surface area (Å²) in [6, 6.07) is 7.59. The second-order valence-electron chi connectivity index (χ2n) is 6.12. The first-order valence-electron chi connectivity index (χ1n) is 7.84.